The van der Waals surface area contributed by atoms with Crippen LogP contribution in [0.15, 0.2) is 35.3 Å². The number of carbonyl (C=O) groups excluding carboxylic acids is 1. The molecule has 1 aromatic carbocycles. The second-order valence-corrected chi connectivity index (χ2v) is 8.26. The van der Waals surface area contributed by atoms with Crippen molar-refractivity contribution in [1.82, 2.24) is 20.4 Å². The number of nitrogens with zero attached hydrogens (tertiary/aromatic N) is 3. The number of piperidine rings is 1. The summed E-state index contributed by atoms with van der Waals surface area (Å²) in [5.74, 6) is 1.47. The highest BCUT2D eigenvalue weighted by atomic mass is 127. The summed E-state index contributed by atoms with van der Waals surface area (Å²) in [5, 5.41) is 6.94. The van der Waals surface area contributed by atoms with Gasteiger partial charge in [0, 0.05) is 51.6 Å². The Hall–Kier alpha value is -1.35. The number of guanidine groups is 1. The Labute approximate surface area is 198 Å². The van der Waals surface area contributed by atoms with Crippen molar-refractivity contribution in [2.75, 3.05) is 46.3 Å². The molecule has 0 saturated carbocycles. The Morgan fingerprint density at radius 2 is 1.93 bits per heavy atom. The summed E-state index contributed by atoms with van der Waals surface area (Å²) in [6.45, 7) is 7.92. The second kappa shape index (κ2) is 13.1. The lowest BCUT2D eigenvalue weighted by molar-refractivity contribution is -0.127. The standard InChI is InChI=1S/C23H37N5O.HI/c1-3-27-13-8-7-11-21(27)17-26-23(24-2)25-16-20-15-22(29)28(18-20)14-12-19-9-5-4-6-10-19;/h4-6,9-10,20-21H,3,7-8,11-18H2,1-2H3,(H2,24,25,26);1H. The van der Waals surface area contributed by atoms with Crippen molar-refractivity contribution >= 4 is 35.8 Å². The Bertz CT molecular complexity index is 669. The van der Waals surface area contributed by atoms with Crippen LogP contribution in [-0.2, 0) is 11.2 Å². The number of carbonyl (C=O) groups is 1. The molecule has 2 aliphatic heterocycles. The quantitative estimate of drug-likeness (QED) is 0.310. The van der Waals surface area contributed by atoms with Crippen molar-refractivity contribution in [2.24, 2.45) is 10.9 Å². The number of benzene rings is 1. The molecule has 2 atom stereocenters. The van der Waals surface area contributed by atoms with Crippen LogP contribution in [0.1, 0.15) is 38.2 Å². The third-order valence-electron chi connectivity index (χ3n) is 6.25. The number of likely N-dealkylation sites (N-methyl/N-ethyl adjacent to an activating group) is 1. The lowest BCUT2D eigenvalue weighted by Crippen LogP contribution is -2.49. The molecule has 2 N–H and O–H groups in total. The predicted octanol–water partition coefficient (Wildman–Crippen LogP) is 2.74. The highest BCUT2D eigenvalue weighted by Crippen LogP contribution is 2.18. The van der Waals surface area contributed by atoms with Crippen LogP contribution in [0.2, 0.25) is 0 Å². The van der Waals surface area contributed by atoms with E-state index >= 15 is 0 Å². The molecule has 168 valence electrons. The molecular weight excluding hydrogens is 489 g/mol. The van der Waals surface area contributed by atoms with Crippen molar-refractivity contribution in [1.29, 1.82) is 0 Å². The minimum atomic E-state index is 0. The number of rotatable bonds is 8. The number of nitrogens with one attached hydrogen (secondary N) is 2. The zero-order valence-electron chi connectivity index (χ0n) is 18.5. The summed E-state index contributed by atoms with van der Waals surface area (Å²) in [6, 6.07) is 11.0. The summed E-state index contributed by atoms with van der Waals surface area (Å²) < 4.78 is 0. The van der Waals surface area contributed by atoms with E-state index in [1.165, 1.54) is 31.4 Å². The Morgan fingerprint density at radius 1 is 1.17 bits per heavy atom. The van der Waals surface area contributed by atoms with Gasteiger partial charge in [0.2, 0.25) is 5.91 Å². The minimum absolute atomic E-state index is 0. The van der Waals surface area contributed by atoms with E-state index in [2.05, 4.69) is 51.7 Å². The predicted molar refractivity (Wildman–Crippen MR) is 134 cm³/mol. The van der Waals surface area contributed by atoms with E-state index in [0.29, 0.717) is 18.4 Å². The molecule has 0 aromatic heterocycles. The highest BCUT2D eigenvalue weighted by molar-refractivity contribution is 14.0. The van der Waals surface area contributed by atoms with Gasteiger partial charge < -0.3 is 15.5 Å². The van der Waals surface area contributed by atoms with Crippen molar-refractivity contribution in [3.05, 3.63) is 35.9 Å². The first-order chi connectivity index (χ1) is 14.2. The van der Waals surface area contributed by atoms with Gasteiger partial charge >= 0.3 is 0 Å². The van der Waals surface area contributed by atoms with E-state index in [1.807, 2.05) is 18.0 Å². The molecule has 0 spiro atoms. The molecule has 2 aliphatic rings. The molecule has 1 aromatic rings. The molecule has 2 saturated heterocycles. The summed E-state index contributed by atoms with van der Waals surface area (Å²) in [6.07, 6.45) is 5.44. The van der Waals surface area contributed by atoms with Gasteiger partial charge in [-0.1, -0.05) is 43.7 Å². The minimum Gasteiger partial charge on any atom is -0.356 e. The third-order valence-corrected chi connectivity index (χ3v) is 6.25. The van der Waals surface area contributed by atoms with Crippen LogP contribution in [0.4, 0.5) is 0 Å². The summed E-state index contributed by atoms with van der Waals surface area (Å²) in [4.78, 5) is 21.3. The van der Waals surface area contributed by atoms with Gasteiger partial charge in [0.15, 0.2) is 5.96 Å². The van der Waals surface area contributed by atoms with Gasteiger partial charge in [-0.25, -0.2) is 0 Å². The summed E-state index contributed by atoms with van der Waals surface area (Å²) >= 11 is 0. The lowest BCUT2D eigenvalue weighted by atomic mass is 10.0. The Morgan fingerprint density at radius 3 is 2.67 bits per heavy atom. The van der Waals surface area contributed by atoms with Crippen LogP contribution in [0.3, 0.4) is 0 Å². The Kier molecular flexibility index (Phi) is 10.9. The molecule has 0 bridgehead atoms. The smallest absolute Gasteiger partial charge is 0.223 e. The van der Waals surface area contributed by atoms with Crippen molar-refractivity contribution in [3.8, 4) is 0 Å². The molecule has 7 heteroatoms. The number of likely N-dealkylation sites (tertiary alicyclic amines) is 2. The maximum Gasteiger partial charge on any atom is 0.223 e. The maximum atomic E-state index is 12.4. The number of hydrogen-bond donors (Lipinski definition) is 2. The average molecular weight is 527 g/mol. The van der Waals surface area contributed by atoms with E-state index < -0.39 is 0 Å². The first-order valence-electron chi connectivity index (χ1n) is 11.2. The molecular formula is C23H38IN5O. The van der Waals surface area contributed by atoms with E-state index in [4.69, 9.17) is 0 Å². The first-order valence-corrected chi connectivity index (χ1v) is 11.2. The fraction of sp³-hybridized carbons (Fsp3) is 0.652. The normalized spacial score (nSPS) is 22.7. The molecule has 3 rings (SSSR count). The zero-order chi connectivity index (χ0) is 20.5. The molecule has 1 amide bonds. The van der Waals surface area contributed by atoms with Gasteiger partial charge in [-0.05, 0) is 37.9 Å². The molecule has 2 fully saturated rings. The topological polar surface area (TPSA) is 60.0 Å². The Balaban J connectivity index is 0.00000320. The molecule has 0 radical (unpaired) electrons. The van der Waals surface area contributed by atoms with Crippen molar-refractivity contribution in [3.63, 3.8) is 0 Å². The molecule has 0 aliphatic carbocycles. The fourth-order valence-corrected chi connectivity index (χ4v) is 4.50. The molecule has 30 heavy (non-hydrogen) atoms. The van der Waals surface area contributed by atoms with Crippen molar-refractivity contribution in [2.45, 2.75) is 45.1 Å². The number of aliphatic imine (C=N–C) groups is 1. The van der Waals surface area contributed by atoms with Gasteiger partial charge in [0.05, 0.1) is 0 Å². The van der Waals surface area contributed by atoms with E-state index in [9.17, 15) is 4.79 Å². The van der Waals surface area contributed by atoms with E-state index in [0.717, 1.165) is 45.1 Å². The van der Waals surface area contributed by atoms with Gasteiger partial charge in [0.25, 0.3) is 0 Å². The largest absolute Gasteiger partial charge is 0.356 e. The van der Waals surface area contributed by atoms with Gasteiger partial charge in [0.1, 0.15) is 0 Å². The number of amides is 1. The average Bonchev–Trinajstić information content (AvgIpc) is 3.12. The zero-order valence-corrected chi connectivity index (χ0v) is 20.8. The second-order valence-electron chi connectivity index (χ2n) is 8.26. The van der Waals surface area contributed by atoms with E-state index in [-0.39, 0.29) is 29.9 Å². The highest BCUT2D eigenvalue weighted by Gasteiger charge is 2.29. The van der Waals surface area contributed by atoms with Gasteiger partial charge in [-0.15, -0.1) is 24.0 Å². The fourth-order valence-electron chi connectivity index (χ4n) is 4.50. The van der Waals surface area contributed by atoms with Crippen LogP contribution in [-0.4, -0.2) is 74.0 Å². The van der Waals surface area contributed by atoms with Crippen LogP contribution >= 0.6 is 24.0 Å². The lowest BCUT2D eigenvalue weighted by Gasteiger charge is -2.35. The molecule has 6 nitrogen and oxygen atoms in total. The van der Waals surface area contributed by atoms with Crippen LogP contribution in [0.25, 0.3) is 0 Å². The SMILES string of the molecule is CCN1CCCCC1CNC(=NC)NCC1CC(=O)N(CCc2ccccc2)C1.I. The molecule has 2 heterocycles. The monoisotopic (exact) mass is 527 g/mol. The number of hydrogen-bond acceptors (Lipinski definition) is 3. The summed E-state index contributed by atoms with van der Waals surface area (Å²) in [5.41, 5.74) is 1.29. The molecule has 2 unspecified atom stereocenters. The van der Waals surface area contributed by atoms with Gasteiger partial charge in [-0.3, -0.25) is 14.7 Å². The van der Waals surface area contributed by atoms with Crippen LogP contribution in [0.5, 0.6) is 0 Å². The number of halogens is 1. The van der Waals surface area contributed by atoms with Crippen LogP contribution < -0.4 is 10.6 Å². The van der Waals surface area contributed by atoms with E-state index in [1.54, 1.807) is 0 Å². The first kappa shape index (κ1) is 24.9. The third kappa shape index (κ3) is 7.41. The summed E-state index contributed by atoms with van der Waals surface area (Å²) in [7, 11) is 1.82. The van der Waals surface area contributed by atoms with Gasteiger partial charge in [-0.2, -0.15) is 0 Å². The van der Waals surface area contributed by atoms with Crippen molar-refractivity contribution < 1.29 is 4.79 Å². The van der Waals surface area contributed by atoms with Crippen LogP contribution in [0, 0.1) is 5.92 Å². The maximum absolute atomic E-state index is 12.4.